The number of anilines is 1. The minimum absolute atomic E-state index is 0.0539. The number of fused-ring (bicyclic) bond motifs is 1. The fourth-order valence-electron chi connectivity index (χ4n) is 3.73. The second kappa shape index (κ2) is 8.76. The fourth-order valence-corrected chi connectivity index (χ4v) is 4.81. The van der Waals surface area contributed by atoms with Crippen LogP contribution in [0.2, 0.25) is 0 Å². The number of methoxy groups -OCH3 is 1. The molecule has 2 heterocycles. The van der Waals surface area contributed by atoms with E-state index in [1.165, 1.54) is 18.4 Å². The summed E-state index contributed by atoms with van der Waals surface area (Å²) >= 11 is 1.28. The van der Waals surface area contributed by atoms with Gasteiger partial charge in [0.2, 0.25) is 5.91 Å². The van der Waals surface area contributed by atoms with Crippen LogP contribution in [-0.2, 0) is 9.53 Å². The van der Waals surface area contributed by atoms with E-state index in [9.17, 15) is 19.2 Å². The van der Waals surface area contributed by atoms with E-state index in [1.54, 1.807) is 24.3 Å². The third-order valence-electron chi connectivity index (χ3n) is 5.23. The summed E-state index contributed by atoms with van der Waals surface area (Å²) in [6, 6.07) is 16.0. The van der Waals surface area contributed by atoms with Crippen LogP contribution in [0.3, 0.4) is 0 Å². The molecule has 7 nitrogen and oxygen atoms in total. The Morgan fingerprint density at radius 3 is 2.16 bits per heavy atom. The van der Waals surface area contributed by atoms with Crippen LogP contribution < -0.4 is 5.32 Å². The van der Waals surface area contributed by atoms with Crippen molar-refractivity contribution in [3.63, 3.8) is 0 Å². The predicted octanol–water partition coefficient (Wildman–Crippen LogP) is 4.13. The molecular weight excluding hydrogens is 428 g/mol. The number of ether oxygens (including phenoxy) is 1. The number of amides is 3. The summed E-state index contributed by atoms with van der Waals surface area (Å²) in [6.45, 7) is 1.82. The number of esters is 1. The zero-order valence-electron chi connectivity index (χ0n) is 17.5. The van der Waals surface area contributed by atoms with E-state index in [2.05, 4.69) is 5.32 Å². The SMILES string of the molecule is COC(=O)c1c(NC(=O)CCN2C(=O)c3ccccc3C2=O)sc(C)c1-c1ccccc1. The first kappa shape index (κ1) is 21.5. The summed E-state index contributed by atoms with van der Waals surface area (Å²) < 4.78 is 4.96. The van der Waals surface area contributed by atoms with Crippen LogP contribution in [0.5, 0.6) is 0 Å². The highest BCUT2D eigenvalue weighted by Crippen LogP contribution is 2.40. The first-order valence-corrected chi connectivity index (χ1v) is 10.8. The predicted molar refractivity (Wildman–Crippen MR) is 121 cm³/mol. The number of carbonyl (C=O) groups excluding carboxylic acids is 4. The Balaban J connectivity index is 1.52. The normalized spacial score (nSPS) is 12.6. The van der Waals surface area contributed by atoms with E-state index >= 15 is 0 Å². The van der Waals surface area contributed by atoms with Gasteiger partial charge in [0.15, 0.2) is 0 Å². The van der Waals surface area contributed by atoms with Gasteiger partial charge in [0.1, 0.15) is 10.6 Å². The molecule has 0 unspecified atom stereocenters. The van der Waals surface area contributed by atoms with Crippen molar-refractivity contribution in [1.29, 1.82) is 0 Å². The zero-order chi connectivity index (χ0) is 22.8. The molecule has 0 spiro atoms. The van der Waals surface area contributed by atoms with Crippen molar-refractivity contribution in [2.75, 3.05) is 19.0 Å². The maximum absolute atomic E-state index is 12.7. The van der Waals surface area contributed by atoms with Crippen molar-refractivity contribution in [3.05, 3.63) is 76.2 Å². The molecule has 0 bridgehead atoms. The van der Waals surface area contributed by atoms with E-state index in [4.69, 9.17) is 4.74 Å². The Morgan fingerprint density at radius 2 is 1.56 bits per heavy atom. The summed E-state index contributed by atoms with van der Waals surface area (Å²) in [5, 5.41) is 3.14. The summed E-state index contributed by atoms with van der Waals surface area (Å²) in [4.78, 5) is 52.1. The number of thiophene rings is 1. The maximum atomic E-state index is 12.7. The van der Waals surface area contributed by atoms with Gasteiger partial charge in [-0.3, -0.25) is 19.3 Å². The number of aryl methyl sites for hydroxylation is 1. The molecule has 0 radical (unpaired) electrons. The molecule has 32 heavy (non-hydrogen) atoms. The van der Waals surface area contributed by atoms with Gasteiger partial charge < -0.3 is 10.1 Å². The van der Waals surface area contributed by atoms with Gasteiger partial charge in [-0.15, -0.1) is 11.3 Å². The lowest BCUT2D eigenvalue weighted by Gasteiger charge is -2.13. The lowest BCUT2D eigenvalue weighted by Crippen LogP contribution is -2.32. The van der Waals surface area contributed by atoms with Crippen molar-refractivity contribution >= 4 is 40.0 Å². The van der Waals surface area contributed by atoms with Gasteiger partial charge in [0, 0.05) is 23.4 Å². The van der Waals surface area contributed by atoms with Gasteiger partial charge in [-0.2, -0.15) is 0 Å². The van der Waals surface area contributed by atoms with Gasteiger partial charge in [-0.1, -0.05) is 42.5 Å². The van der Waals surface area contributed by atoms with Gasteiger partial charge in [0.05, 0.1) is 18.2 Å². The number of rotatable bonds is 6. The average molecular weight is 449 g/mol. The standard InChI is InChI=1S/C24H20N2O5S/c1-14-19(15-8-4-3-5-9-15)20(24(30)31-2)21(32-14)25-18(27)12-13-26-22(28)16-10-6-7-11-17(16)23(26)29/h3-11H,12-13H2,1-2H3,(H,25,27). The Labute approximate surface area is 188 Å². The number of imide groups is 1. The topological polar surface area (TPSA) is 92.8 Å². The van der Waals surface area contributed by atoms with Crippen LogP contribution in [0.1, 0.15) is 42.4 Å². The molecule has 0 atom stereocenters. The second-order valence-corrected chi connectivity index (χ2v) is 8.43. The number of carbonyl (C=O) groups is 4. The lowest BCUT2D eigenvalue weighted by atomic mass is 10.0. The van der Waals surface area contributed by atoms with Crippen LogP contribution in [0.25, 0.3) is 11.1 Å². The lowest BCUT2D eigenvalue weighted by molar-refractivity contribution is -0.116. The molecule has 3 amide bonds. The Morgan fingerprint density at radius 1 is 0.969 bits per heavy atom. The average Bonchev–Trinajstić information content (AvgIpc) is 3.25. The molecule has 0 saturated heterocycles. The van der Waals surface area contributed by atoms with Gasteiger partial charge in [-0.05, 0) is 24.6 Å². The molecule has 0 aliphatic carbocycles. The van der Waals surface area contributed by atoms with Crippen LogP contribution in [-0.4, -0.2) is 42.2 Å². The fraction of sp³-hybridized carbons (Fsp3) is 0.167. The van der Waals surface area contributed by atoms with Crippen LogP contribution >= 0.6 is 11.3 Å². The summed E-state index contributed by atoms with van der Waals surface area (Å²) in [5.74, 6) is -1.78. The highest BCUT2D eigenvalue weighted by atomic mass is 32.1. The molecule has 2 aromatic carbocycles. The Kier molecular flexibility index (Phi) is 5.87. The number of nitrogens with zero attached hydrogens (tertiary/aromatic N) is 1. The molecule has 0 fully saturated rings. The molecular formula is C24H20N2O5S. The van der Waals surface area contributed by atoms with Crippen molar-refractivity contribution in [3.8, 4) is 11.1 Å². The van der Waals surface area contributed by atoms with Crippen LogP contribution in [0.4, 0.5) is 5.00 Å². The highest BCUT2D eigenvalue weighted by Gasteiger charge is 2.35. The van der Waals surface area contributed by atoms with Crippen LogP contribution in [0, 0.1) is 6.92 Å². The smallest absolute Gasteiger partial charge is 0.341 e. The van der Waals surface area contributed by atoms with E-state index in [-0.39, 0.29) is 18.5 Å². The van der Waals surface area contributed by atoms with Crippen molar-refractivity contribution < 1.29 is 23.9 Å². The summed E-state index contributed by atoms with van der Waals surface area (Å²) in [6.07, 6.45) is -0.0936. The minimum atomic E-state index is -0.552. The number of benzene rings is 2. The summed E-state index contributed by atoms with van der Waals surface area (Å²) in [5.41, 5.74) is 2.51. The number of hydrogen-bond acceptors (Lipinski definition) is 6. The first-order valence-electron chi connectivity index (χ1n) is 9.94. The van der Waals surface area contributed by atoms with E-state index in [0.717, 1.165) is 15.3 Å². The zero-order valence-corrected chi connectivity index (χ0v) is 18.3. The molecule has 0 saturated carbocycles. The highest BCUT2D eigenvalue weighted by molar-refractivity contribution is 7.17. The summed E-state index contributed by atoms with van der Waals surface area (Å²) in [7, 11) is 1.29. The van der Waals surface area contributed by atoms with Gasteiger partial charge in [0.25, 0.3) is 11.8 Å². The van der Waals surface area contributed by atoms with Crippen molar-refractivity contribution in [2.24, 2.45) is 0 Å². The Hall–Kier alpha value is -3.78. The molecule has 3 aromatic rings. The number of hydrogen-bond donors (Lipinski definition) is 1. The van der Waals surface area contributed by atoms with Crippen molar-refractivity contribution in [1.82, 2.24) is 4.90 Å². The third kappa shape index (κ3) is 3.80. The van der Waals surface area contributed by atoms with E-state index < -0.39 is 23.7 Å². The molecule has 4 rings (SSSR count). The monoisotopic (exact) mass is 448 g/mol. The Bertz CT molecular complexity index is 1200. The van der Waals surface area contributed by atoms with Crippen molar-refractivity contribution in [2.45, 2.75) is 13.3 Å². The van der Waals surface area contributed by atoms with E-state index in [0.29, 0.717) is 21.7 Å². The molecule has 1 aliphatic rings. The molecule has 162 valence electrons. The minimum Gasteiger partial charge on any atom is -0.465 e. The molecule has 8 heteroatoms. The molecule has 1 aromatic heterocycles. The third-order valence-corrected chi connectivity index (χ3v) is 6.25. The van der Waals surface area contributed by atoms with E-state index in [1.807, 2.05) is 37.3 Å². The van der Waals surface area contributed by atoms with Gasteiger partial charge in [-0.25, -0.2) is 4.79 Å². The quantitative estimate of drug-likeness (QED) is 0.452. The van der Waals surface area contributed by atoms with Crippen LogP contribution in [0.15, 0.2) is 54.6 Å². The number of nitrogens with one attached hydrogen (secondary N) is 1. The van der Waals surface area contributed by atoms with Gasteiger partial charge >= 0.3 is 5.97 Å². The second-order valence-electron chi connectivity index (χ2n) is 7.20. The molecule has 1 N–H and O–H groups in total. The largest absolute Gasteiger partial charge is 0.465 e. The maximum Gasteiger partial charge on any atom is 0.341 e. The molecule has 1 aliphatic heterocycles. The first-order chi connectivity index (χ1) is 15.4.